The van der Waals surface area contributed by atoms with E-state index in [-0.39, 0.29) is 29.3 Å². The molecular weight excluding hydrogens is 509 g/mol. The van der Waals surface area contributed by atoms with Gasteiger partial charge in [0.1, 0.15) is 24.7 Å². The summed E-state index contributed by atoms with van der Waals surface area (Å²) >= 11 is 0. The van der Waals surface area contributed by atoms with Gasteiger partial charge in [-0.05, 0) is 88.0 Å². The van der Waals surface area contributed by atoms with Crippen LogP contribution in [0, 0.1) is 5.92 Å². The summed E-state index contributed by atoms with van der Waals surface area (Å²) in [7, 11) is -2.67. The van der Waals surface area contributed by atoms with E-state index in [9.17, 15) is 18.1 Å². The third kappa shape index (κ3) is 5.15. The van der Waals surface area contributed by atoms with Gasteiger partial charge in [-0.25, -0.2) is 18.7 Å². The first-order chi connectivity index (χ1) is 18.2. The maximum Gasteiger partial charge on any atom is 0.295 e. The Morgan fingerprint density at radius 1 is 1.11 bits per heavy atom. The molecule has 10 heteroatoms. The first-order valence-corrected chi connectivity index (χ1v) is 16.1. The van der Waals surface area contributed by atoms with Gasteiger partial charge in [-0.15, -0.1) is 0 Å². The average Bonchev–Trinajstić information content (AvgIpc) is 3.80. The van der Waals surface area contributed by atoms with Crippen LogP contribution in [0.2, 0.25) is 0 Å². The molecule has 2 saturated carbocycles. The number of ketones is 1. The Balaban J connectivity index is 1.49. The predicted octanol–water partition coefficient (Wildman–Crippen LogP) is 6.46. The van der Waals surface area contributed by atoms with E-state index in [4.69, 9.17) is 9.72 Å². The molecule has 2 aliphatic carbocycles. The van der Waals surface area contributed by atoms with E-state index < -0.39 is 25.6 Å². The highest BCUT2D eigenvalue weighted by Crippen LogP contribution is 2.45. The Hall–Kier alpha value is -2.64. The number of aromatic nitrogens is 3. The summed E-state index contributed by atoms with van der Waals surface area (Å²) < 4.78 is 49.1. The summed E-state index contributed by atoms with van der Waals surface area (Å²) in [4.78, 5) is 21.8. The number of carbonyl (C=O) groups is 1. The molecule has 0 spiro atoms. The number of halogens is 2. The fraction of sp³-hybridized carbons (Fsp3) is 0.536. The topological polar surface area (TPSA) is 86.1 Å². The highest BCUT2D eigenvalue weighted by molar-refractivity contribution is 7.70. The number of nitrogens with zero attached hydrogens (tertiary/aromatic N) is 3. The molecule has 1 aliphatic heterocycles. The number of benzene rings is 1. The number of ether oxygens (including phenoxy) is 1. The van der Waals surface area contributed by atoms with E-state index in [1.165, 1.54) is 10.1 Å². The SMILES string of the molecule is CP(C)(=O)c1cc(C2CC2)ccc1Nc1cc(CC(=O)C2CC2)nc2c1nc(C(F)F)n2C1CCCCO1. The molecule has 1 saturated heterocycles. The van der Waals surface area contributed by atoms with Crippen molar-refractivity contribution in [1.29, 1.82) is 0 Å². The average molecular weight is 543 g/mol. The molecule has 3 aromatic rings. The quantitative estimate of drug-likeness (QED) is 0.313. The number of nitrogens with one attached hydrogen (secondary N) is 1. The predicted molar refractivity (Wildman–Crippen MR) is 144 cm³/mol. The monoisotopic (exact) mass is 542 g/mol. The molecule has 1 atom stereocenters. The van der Waals surface area contributed by atoms with E-state index in [1.54, 1.807) is 19.4 Å². The van der Waals surface area contributed by atoms with Gasteiger partial charge in [0, 0.05) is 29.9 Å². The maximum atomic E-state index is 14.3. The zero-order valence-electron chi connectivity index (χ0n) is 21.8. The van der Waals surface area contributed by atoms with Crippen LogP contribution in [0.3, 0.4) is 0 Å². The van der Waals surface area contributed by atoms with Crippen LogP contribution in [0.1, 0.15) is 80.6 Å². The van der Waals surface area contributed by atoms with Crippen LogP contribution < -0.4 is 10.6 Å². The zero-order valence-corrected chi connectivity index (χ0v) is 22.6. The van der Waals surface area contributed by atoms with Gasteiger partial charge in [0.25, 0.3) is 6.43 Å². The largest absolute Gasteiger partial charge is 0.358 e. The van der Waals surface area contributed by atoms with Gasteiger partial charge in [0.15, 0.2) is 11.5 Å². The van der Waals surface area contributed by atoms with Crippen molar-refractivity contribution in [2.75, 3.05) is 25.3 Å². The molecule has 7 nitrogen and oxygen atoms in total. The van der Waals surface area contributed by atoms with Crippen LogP contribution in [0.5, 0.6) is 0 Å². The van der Waals surface area contributed by atoms with E-state index in [2.05, 4.69) is 10.3 Å². The number of fused-ring (bicyclic) bond motifs is 1. The Morgan fingerprint density at radius 3 is 2.53 bits per heavy atom. The van der Waals surface area contributed by atoms with Gasteiger partial charge < -0.3 is 14.6 Å². The lowest BCUT2D eigenvalue weighted by atomic mass is 10.1. The second-order valence-electron chi connectivity index (χ2n) is 11.2. The van der Waals surface area contributed by atoms with Crippen LogP contribution >= 0.6 is 7.14 Å². The molecule has 3 fully saturated rings. The molecule has 2 aromatic heterocycles. The van der Waals surface area contributed by atoms with Crippen molar-refractivity contribution < 1.29 is 22.9 Å². The molecule has 0 bridgehead atoms. The highest BCUT2D eigenvalue weighted by atomic mass is 31.2. The number of alkyl halides is 2. The van der Waals surface area contributed by atoms with Gasteiger partial charge in [-0.3, -0.25) is 9.36 Å². The Labute approximate surface area is 220 Å². The number of imidazole rings is 1. The van der Waals surface area contributed by atoms with Crippen LogP contribution in [0.4, 0.5) is 20.2 Å². The van der Waals surface area contributed by atoms with Crippen LogP contribution in [-0.4, -0.2) is 40.3 Å². The summed E-state index contributed by atoms with van der Waals surface area (Å²) in [6, 6.07) is 7.69. The molecular formula is C28H33F2N4O3P. The number of pyridine rings is 1. The summed E-state index contributed by atoms with van der Waals surface area (Å²) in [5.41, 5.74) is 3.36. The van der Waals surface area contributed by atoms with Gasteiger partial charge >= 0.3 is 0 Å². The molecule has 0 radical (unpaired) electrons. The van der Waals surface area contributed by atoms with Gasteiger partial charge in [-0.2, -0.15) is 0 Å². The minimum atomic E-state index is -2.82. The number of anilines is 2. The van der Waals surface area contributed by atoms with Crippen molar-refractivity contribution in [1.82, 2.24) is 14.5 Å². The first kappa shape index (κ1) is 25.6. The minimum Gasteiger partial charge on any atom is -0.358 e. The molecule has 3 heterocycles. The summed E-state index contributed by atoms with van der Waals surface area (Å²) in [6.45, 7) is 3.95. The maximum absolute atomic E-state index is 14.3. The fourth-order valence-corrected chi connectivity index (χ4v) is 6.50. The van der Waals surface area contributed by atoms with Crippen LogP contribution in [0.25, 0.3) is 11.2 Å². The minimum absolute atomic E-state index is 0.0553. The molecule has 202 valence electrons. The van der Waals surface area contributed by atoms with E-state index >= 15 is 0 Å². The Bertz CT molecular complexity index is 1440. The van der Waals surface area contributed by atoms with Crippen molar-refractivity contribution >= 4 is 40.8 Å². The van der Waals surface area contributed by atoms with Crippen molar-refractivity contribution in [3.05, 3.63) is 41.3 Å². The fourth-order valence-electron chi connectivity index (χ4n) is 5.33. The second kappa shape index (κ2) is 9.83. The van der Waals surface area contributed by atoms with Crippen molar-refractivity contribution in [3.63, 3.8) is 0 Å². The number of hydrogen-bond acceptors (Lipinski definition) is 6. The zero-order chi connectivity index (χ0) is 26.6. The van der Waals surface area contributed by atoms with Crippen molar-refractivity contribution in [3.8, 4) is 0 Å². The lowest BCUT2D eigenvalue weighted by Gasteiger charge is -2.25. The number of hydrogen-bond donors (Lipinski definition) is 1. The van der Waals surface area contributed by atoms with Crippen LogP contribution in [0.15, 0.2) is 24.3 Å². The number of carbonyl (C=O) groups excluding carboxylic acids is 1. The van der Waals surface area contributed by atoms with Crippen LogP contribution in [-0.2, 0) is 20.5 Å². The van der Waals surface area contributed by atoms with Gasteiger partial charge in [-0.1, -0.05) is 6.07 Å². The molecule has 1 N–H and O–H groups in total. The molecule has 3 aliphatic rings. The van der Waals surface area contributed by atoms with Gasteiger partial charge in [0.05, 0.1) is 11.4 Å². The molecule has 1 aromatic carbocycles. The van der Waals surface area contributed by atoms with E-state index in [0.717, 1.165) is 38.5 Å². The molecule has 6 rings (SSSR count). The second-order valence-corrected chi connectivity index (χ2v) is 14.4. The standard InChI is InChI=1S/C28H33F2N4O3P/c1-38(2,36)23-13-18(16-6-7-16)10-11-20(23)32-21-14-19(15-22(35)17-8-9-17)31-27-25(21)33-28(26(29)30)34(27)24-5-3-4-12-37-24/h10-11,13-14,16-17,24,26H,3-9,12,15H2,1-2H3,(H,31,32). The number of Topliss-reactive ketones (excluding diaryl/α,β-unsaturated/α-hetero) is 1. The smallest absolute Gasteiger partial charge is 0.295 e. The normalized spacial score (nSPS) is 20.3. The van der Waals surface area contributed by atoms with Crippen molar-refractivity contribution in [2.24, 2.45) is 5.92 Å². The highest BCUT2D eigenvalue weighted by Gasteiger charge is 2.32. The third-order valence-corrected chi connectivity index (χ3v) is 9.21. The molecule has 38 heavy (non-hydrogen) atoms. The molecule has 0 amide bonds. The first-order valence-electron chi connectivity index (χ1n) is 13.5. The van der Waals surface area contributed by atoms with Crippen molar-refractivity contribution in [2.45, 2.75) is 69.9 Å². The van der Waals surface area contributed by atoms with Gasteiger partial charge in [0.2, 0.25) is 0 Å². The summed E-state index contributed by atoms with van der Waals surface area (Å²) in [5, 5.41) is 4.08. The Morgan fingerprint density at radius 2 is 1.89 bits per heavy atom. The molecule has 1 unspecified atom stereocenters. The Kier molecular flexibility index (Phi) is 6.63. The van der Waals surface area contributed by atoms with E-state index in [1.807, 2.05) is 18.2 Å². The van der Waals surface area contributed by atoms with E-state index in [0.29, 0.717) is 41.3 Å². The lowest BCUT2D eigenvalue weighted by molar-refractivity contribution is -0.119. The summed E-state index contributed by atoms with van der Waals surface area (Å²) in [5.74, 6) is 0.272. The lowest BCUT2D eigenvalue weighted by Crippen LogP contribution is -2.21. The summed E-state index contributed by atoms with van der Waals surface area (Å²) in [6.07, 6.45) is 3.06. The third-order valence-electron chi connectivity index (χ3n) is 7.68. The number of rotatable bonds is 9.